The average Bonchev–Trinajstić information content (AvgIpc) is 2.54. The zero-order valence-corrected chi connectivity index (χ0v) is 6.97. The highest BCUT2D eigenvalue weighted by molar-refractivity contribution is 5.95. The van der Waals surface area contributed by atoms with E-state index < -0.39 is 0 Å². The Balaban J connectivity index is 2.06. The minimum absolute atomic E-state index is 0.0381. The zero-order valence-electron chi connectivity index (χ0n) is 6.97. The van der Waals surface area contributed by atoms with Crippen molar-refractivity contribution in [1.29, 1.82) is 0 Å². The molecule has 4 heteroatoms. The first-order valence-corrected chi connectivity index (χ1v) is 4.00. The van der Waals surface area contributed by atoms with Gasteiger partial charge in [-0.2, -0.15) is 0 Å². The van der Waals surface area contributed by atoms with E-state index in [4.69, 9.17) is 0 Å². The van der Waals surface area contributed by atoms with Gasteiger partial charge in [0.1, 0.15) is 12.9 Å². The van der Waals surface area contributed by atoms with Crippen LogP contribution in [0.25, 0.3) is 0 Å². The summed E-state index contributed by atoms with van der Waals surface area (Å²) in [6, 6.07) is 9.50. The van der Waals surface area contributed by atoms with Crippen molar-refractivity contribution in [2.24, 2.45) is 4.99 Å². The second kappa shape index (κ2) is 3.26. The Hall–Kier alpha value is -1.84. The minimum atomic E-state index is -0.0381. The number of benzene rings is 1. The van der Waals surface area contributed by atoms with Crippen molar-refractivity contribution in [1.82, 2.24) is 5.01 Å². The molecule has 0 saturated carbocycles. The van der Waals surface area contributed by atoms with E-state index >= 15 is 0 Å². The van der Waals surface area contributed by atoms with Crippen LogP contribution >= 0.6 is 0 Å². The van der Waals surface area contributed by atoms with Crippen LogP contribution < -0.4 is 5.43 Å². The molecule has 0 bridgehead atoms. The molecule has 0 fully saturated rings. The van der Waals surface area contributed by atoms with Crippen molar-refractivity contribution in [2.45, 2.75) is 0 Å². The molecule has 0 radical (unpaired) electrons. The molecule has 1 aliphatic rings. The van der Waals surface area contributed by atoms with Crippen LogP contribution in [0.15, 0.2) is 35.3 Å². The molecule has 1 amide bonds. The number of amides is 1. The van der Waals surface area contributed by atoms with Crippen LogP contribution in [0, 0.1) is 0 Å². The molecule has 1 N–H and O–H groups in total. The molecule has 0 spiro atoms. The number of nitrogens with one attached hydrogen (secondary N) is 1. The van der Waals surface area contributed by atoms with Crippen molar-refractivity contribution in [3.05, 3.63) is 30.3 Å². The third-order valence-electron chi connectivity index (χ3n) is 1.72. The second-order valence-electron chi connectivity index (χ2n) is 2.70. The van der Waals surface area contributed by atoms with E-state index in [0.717, 1.165) is 5.69 Å². The third-order valence-corrected chi connectivity index (χ3v) is 1.72. The third kappa shape index (κ3) is 1.66. The van der Waals surface area contributed by atoms with Gasteiger partial charge in [0.05, 0.1) is 5.69 Å². The highest BCUT2D eigenvalue weighted by atomic mass is 16.2. The Bertz CT molecular complexity index is 334. The van der Waals surface area contributed by atoms with Gasteiger partial charge in [-0.1, -0.05) is 18.2 Å². The monoisotopic (exact) mass is 175 g/mol. The van der Waals surface area contributed by atoms with Gasteiger partial charge in [-0.25, -0.2) is 5.01 Å². The lowest BCUT2D eigenvalue weighted by Crippen LogP contribution is -2.31. The van der Waals surface area contributed by atoms with E-state index in [-0.39, 0.29) is 12.5 Å². The molecule has 13 heavy (non-hydrogen) atoms. The highest BCUT2D eigenvalue weighted by Gasteiger charge is 2.15. The molecule has 1 aliphatic heterocycles. The molecule has 66 valence electrons. The summed E-state index contributed by atoms with van der Waals surface area (Å²) in [5.74, 6) is -0.0381. The van der Waals surface area contributed by atoms with Crippen LogP contribution in [0.1, 0.15) is 0 Å². The summed E-state index contributed by atoms with van der Waals surface area (Å²) < 4.78 is 0. The zero-order chi connectivity index (χ0) is 9.10. The lowest BCUT2D eigenvalue weighted by molar-refractivity contribution is -0.123. The summed E-state index contributed by atoms with van der Waals surface area (Å²) in [5, 5.41) is 1.38. The van der Waals surface area contributed by atoms with Crippen molar-refractivity contribution < 1.29 is 4.79 Å². The van der Waals surface area contributed by atoms with E-state index in [2.05, 4.69) is 10.4 Å². The van der Waals surface area contributed by atoms with Crippen LogP contribution in [0.5, 0.6) is 0 Å². The van der Waals surface area contributed by atoms with Crippen molar-refractivity contribution >= 4 is 17.9 Å². The number of rotatable bonds is 2. The molecule has 1 aromatic rings. The number of hydrogen-bond donors (Lipinski definition) is 1. The molecule has 2 rings (SSSR count). The van der Waals surface area contributed by atoms with E-state index in [1.807, 2.05) is 30.3 Å². The first-order valence-electron chi connectivity index (χ1n) is 4.00. The van der Waals surface area contributed by atoms with E-state index in [0.29, 0.717) is 0 Å². The van der Waals surface area contributed by atoms with Gasteiger partial charge in [0, 0.05) is 0 Å². The fourth-order valence-corrected chi connectivity index (χ4v) is 1.08. The Morgan fingerprint density at radius 3 is 2.69 bits per heavy atom. The smallest absolute Gasteiger partial charge is 0.268 e. The molecule has 0 atom stereocenters. The van der Waals surface area contributed by atoms with Crippen LogP contribution in [-0.4, -0.2) is 23.8 Å². The summed E-state index contributed by atoms with van der Waals surface area (Å²) in [4.78, 5) is 14.9. The van der Waals surface area contributed by atoms with Crippen LogP contribution in [0.2, 0.25) is 0 Å². The lowest BCUT2D eigenvalue weighted by atomic mass is 10.3. The van der Waals surface area contributed by atoms with Gasteiger partial charge in [0.15, 0.2) is 0 Å². The largest absolute Gasteiger partial charge is 0.290 e. The Labute approximate surface area is 75.9 Å². The molecule has 0 unspecified atom stereocenters. The van der Waals surface area contributed by atoms with Gasteiger partial charge in [-0.3, -0.25) is 15.2 Å². The Morgan fingerprint density at radius 1 is 1.31 bits per heavy atom. The summed E-state index contributed by atoms with van der Waals surface area (Å²) in [6.07, 6.45) is 1.50. The molecule has 4 nitrogen and oxygen atoms in total. The number of nitrogens with zero attached hydrogens (tertiary/aromatic N) is 2. The maximum absolute atomic E-state index is 11.1. The predicted molar refractivity (Wildman–Crippen MR) is 50.3 cm³/mol. The van der Waals surface area contributed by atoms with Gasteiger partial charge in [0.25, 0.3) is 5.91 Å². The normalized spacial score (nSPS) is 15.1. The Kier molecular flexibility index (Phi) is 1.96. The van der Waals surface area contributed by atoms with Gasteiger partial charge >= 0.3 is 0 Å². The number of hydrogen-bond acceptors (Lipinski definition) is 3. The molecule has 1 heterocycles. The summed E-state index contributed by atoms with van der Waals surface area (Å²) in [5.41, 5.74) is 3.80. The fourth-order valence-electron chi connectivity index (χ4n) is 1.08. The van der Waals surface area contributed by atoms with Crippen molar-refractivity contribution in [2.75, 3.05) is 12.0 Å². The number of hydrazine groups is 1. The topological polar surface area (TPSA) is 44.7 Å². The van der Waals surface area contributed by atoms with Gasteiger partial charge in [0.2, 0.25) is 0 Å². The number of carbonyl (C=O) groups excluding carboxylic acids is 1. The molecular formula is C9H9N3O. The minimum Gasteiger partial charge on any atom is -0.290 e. The van der Waals surface area contributed by atoms with E-state index in [1.54, 1.807) is 0 Å². The lowest BCUT2D eigenvalue weighted by Gasteiger charge is -2.14. The van der Waals surface area contributed by atoms with Gasteiger partial charge in [-0.05, 0) is 12.1 Å². The second-order valence-corrected chi connectivity index (χ2v) is 2.70. The van der Waals surface area contributed by atoms with Crippen LogP contribution in [0.3, 0.4) is 0 Å². The van der Waals surface area contributed by atoms with Gasteiger partial charge in [-0.15, -0.1) is 0 Å². The number of aliphatic imine (C=N–C) groups is 1. The maximum Gasteiger partial charge on any atom is 0.268 e. The SMILES string of the molecule is O=C1CN=CN1Nc1ccccc1. The maximum atomic E-state index is 11.1. The summed E-state index contributed by atoms with van der Waals surface area (Å²) in [7, 11) is 0. The van der Waals surface area contributed by atoms with Crippen LogP contribution in [-0.2, 0) is 4.79 Å². The first-order chi connectivity index (χ1) is 6.36. The summed E-state index contributed by atoms with van der Waals surface area (Å²) >= 11 is 0. The first kappa shape index (κ1) is 7.79. The number of para-hydroxylation sites is 1. The standard InChI is InChI=1S/C9H9N3O/c13-9-6-10-7-12(9)11-8-4-2-1-3-5-8/h1-5,7,11H,6H2. The molecule has 0 aliphatic carbocycles. The van der Waals surface area contributed by atoms with Crippen molar-refractivity contribution in [3.8, 4) is 0 Å². The fraction of sp³-hybridized carbons (Fsp3) is 0.111. The molecule has 1 aromatic carbocycles. The average molecular weight is 175 g/mol. The summed E-state index contributed by atoms with van der Waals surface area (Å²) in [6.45, 7) is 0.236. The number of carbonyl (C=O) groups is 1. The molecular weight excluding hydrogens is 166 g/mol. The number of anilines is 1. The van der Waals surface area contributed by atoms with E-state index in [1.165, 1.54) is 11.3 Å². The van der Waals surface area contributed by atoms with Crippen LogP contribution in [0.4, 0.5) is 5.69 Å². The molecule has 0 saturated heterocycles. The van der Waals surface area contributed by atoms with Crippen molar-refractivity contribution in [3.63, 3.8) is 0 Å². The quantitative estimate of drug-likeness (QED) is 0.725. The molecule has 0 aromatic heterocycles. The Morgan fingerprint density at radius 2 is 2.08 bits per heavy atom. The highest BCUT2D eigenvalue weighted by Crippen LogP contribution is 2.07. The van der Waals surface area contributed by atoms with E-state index in [9.17, 15) is 4.79 Å². The predicted octanol–water partition coefficient (Wildman–Crippen LogP) is 0.884. The van der Waals surface area contributed by atoms with Gasteiger partial charge < -0.3 is 0 Å².